The summed E-state index contributed by atoms with van der Waals surface area (Å²) < 4.78 is 5.60. The Morgan fingerprint density at radius 3 is 2.62 bits per heavy atom. The van der Waals surface area contributed by atoms with E-state index in [2.05, 4.69) is 10.2 Å². The first-order valence-corrected chi connectivity index (χ1v) is 4.88. The number of hydrogen-bond donors (Lipinski definition) is 0. The van der Waals surface area contributed by atoms with Crippen LogP contribution in [0, 0.1) is 0 Å². The van der Waals surface area contributed by atoms with Crippen molar-refractivity contribution in [1.29, 1.82) is 0 Å². The van der Waals surface area contributed by atoms with Crippen molar-refractivity contribution in [2.45, 2.75) is 31.8 Å². The Kier molecular flexibility index (Phi) is 2.64. The molecule has 0 atom stereocenters. The number of ether oxygens (including phenoxy) is 1. The highest BCUT2D eigenvalue weighted by molar-refractivity contribution is 6.29. The Bertz CT molecular complexity index is 269. The highest BCUT2D eigenvalue weighted by atomic mass is 35.5. The maximum Gasteiger partial charge on any atom is 0.233 e. The van der Waals surface area contributed by atoms with Crippen LogP contribution in [0.1, 0.15) is 25.7 Å². The van der Waals surface area contributed by atoms with Gasteiger partial charge in [0.2, 0.25) is 5.88 Å². The van der Waals surface area contributed by atoms with Gasteiger partial charge in [0.15, 0.2) is 5.15 Å². The summed E-state index contributed by atoms with van der Waals surface area (Å²) in [5, 5.41) is 7.95. The zero-order chi connectivity index (χ0) is 9.10. The standard InChI is InChI=1S/C9H11ClN2O/c10-8-5-6-9(12-11-8)13-7-3-1-2-4-7/h5-7H,1-4H2. The van der Waals surface area contributed by atoms with Crippen LogP contribution in [0.25, 0.3) is 0 Å². The Morgan fingerprint density at radius 2 is 2.00 bits per heavy atom. The minimum Gasteiger partial charge on any atom is -0.473 e. The van der Waals surface area contributed by atoms with Crippen molar-refractivity contribution >= 4 is 11.6 Å². The summed E-state index contributed by atoms with van der Waals surface area (Å²) in [6.07, 6.45) is 5.10. The summed E-state index contributed by atoms with van der Waals surface area (Å²) in [5.41, 5.74) is 0. The van der Waals surface area contributed by atoms with Crippen molar-refractivity contribution in [3.63, 3.8) is 0 Å². The average molecular weight is 199 g/mol. The minimum absolute atomic E-state index is 0.329. The molecule has 4 heteroatoms. The normalized spacial score (nSPS) is 17.6. The zero-order valence-electron chi connectivity index (χ0n) is 7.24. The van der Waals surface area contributed by atoms with E-state index in [1.165, 1.54) is 12.8 Å². The molecule has 0 aromatic carbocycles. The van der Waals surface area contributed by atoms with E-state index in [1.807, 2.05) is 0 Å². The lowest BCUT2D eigenvalue weighted by molar-refractivity contribution is 0.199. The molecular formula is C9H11ClN2O. The lowest BCUT2D eigenvalue weighted by atomic mass is 10.3. The number of aromatic nitrogens is 2. The van der Waals surface area contributed by atoms with Crippen molar-refractivity contribution in [1.82, 2.24) is 10.2 Å². The molecule has 0 saturated heterocycles. The van der Waals surface area contributed by atoms with Crippen molar-refractivity contribution in [2.24, 2.45) is 0 Å². The van der Waals surface area contributed by atoms with Gasteiger partial charge in [-0.05, 0) is 31.7 Å². The van der Waals surface area contributed by atoms with E-state index in [1.54, 1.807) is 12.1 Å². The third-order valence-corrected chi connectivity index (χ3v) is 2.40. The molecule has 1 aromatic heterocycles. The summed E-state index contributed by atoms with van der Waals surface area (Å²) in [4.78, 5) is 0. The summed E-state index contributed by atoms with van der Waals surface area (Å²) in [6.45, 7) is 0. The Labute approximate surface area is 82.1 Å². The van der Waals surface area contributed by atoms with Gasteiger partial charge in [0.25, 0.3) is 0 Å². The molecular weight excluding hydrogens is 188 g/mol. The average Bonchev–Trinajstić information content (AvgIpc) is 2.62. The smallest absolute Gasteiger partial charge is 0.233 e. The van der Waals surface area contributed by atoms with Gasteiger partial charge < -0.3 is 4.74 Å². The number of rotatable bonds is 2. The third kappa shape index (κ3) is 2.31. The topological polar surface area (TPSA) is 35.0 Å². The summed E-state index contributed by atoms with van der Waals surface area (Å²) >= 11 is 5.60. The second kappa shape index (κ2) is 3.92. The van der Waals surface area contributed by atoms with Crippen LogP contribution in [0.4, 0.5) is 0 Å². The van der Waals surface area contributed by atoms with Gasteiger partial charge in [-0.3, -0.25) is 0 Å². The largest absolute Gasteiger partial charge is 0.473 e. The van der Waals surface area contributed by atoms with Gasteiger partial charge in [0, 0.05) is 6.07 Å². The molecule has 70 valence electrons. The van der Waals surface area contributed by atoms with E-state index in [9.17, 15) is 0 Å². The molecule has 0 radical (unpaired) electrons. The van der Waals surface area contributed by atoms with E-state index >= 15 is 0 Å². The summed E-state index contributed by atoms with van der Waals surface area (Å²) in [5.74, 6) is 0.580. The van der Waals surface area contributed by atoms with Gasteiger partial charge >= 0.3 is 0 Å². The molecule has 1 aromatic rings. The van der Waals surface area contributed by atoms with E-state index < -0.39 is 0 Å². The van der Waals surface area contributed by atoms with Gasteiger partial charge in [0.05, 0.1) is 0 Å². The number of halogens is 1. The Balaban J connectivity index is 1.97. The molecule has 1 aliphatic rings. The van der Waals surface area contributed by atoms with Crippen LogP contribution >= 0.6 is 11.6 Å². The van der Waals surface area contributed by atoms with Crippen LogP contribution in [0.2, 0.25) is 5.15 Å². The molecule has 0 spiro atoms. The lowest BCUT2D eigenvalue weighted by Gasteiger charge is -2.10. The predicted molar refractivity (Wildman–Crippen MR) is 49.9 cm³/mol. The van der Waals surface area contributed by atoms with E-state index in [-0.39, 0.29) is 0 Å². The molecule has 3 nitrogen and oxygen atoms in total. The maximum absolute atomic E-state index is 5.60. The van der Waals surface area contributed by atoms with Crippen LogP contribution in [-0.2, 0) is 0 Å². The fourth-order valence-electron chi connectivity index (χ4n) is 1.54. The van der Waals surface area contributed by atoms with Crippen LogP contribution in [0.5, 0.6) is 5.88 Å². The minimum atomic E-state index is 0.329. The van der Waals surface area contributed by atoms with E-state index in [0.717, 1.165) is 12.8 Å². The van der Waals surface area contributed by atoms with Crippen LogP contribution in [0.3, 0.4) is 0 Å². The predicted octanol–water partition coefficient (Wildman–Crippen LogP) is 2.45. The van der Waals surface area contributed by atoms with Crippen molar-refractivity contribution in [3.05, 3.63) is 17.3 Å². The molecule has 0 amide bonds. The van der Waals surface area contributed by atoms with Crippen LogP contribution in [-0.4, -0.2) is 16.3 Å². The third-order valence-electron chi connectivity index (χ3n) is 2.20. The maximum atomic E-state index is 5.60. The second-order valence-corrected chi connectivity index (χ2v) is 3.61. The molecule has 0 unspecified atom stereocenters. The SMILES string of the molecule is Clc1ccc(OC2CCCC2)nn1. The fraction of sp³-hybridized carbons (Fsp3) is 0.556. The molecule has 1 fully saturated rings. The van der Waals surface area contributed by atoms with Crippen LogP contribution < -0.4 is 4.74 Å². The van der Waals surface area contributed by atoms with Gasteiger partial charge in [0.1, 0.15) is 6.10 Å². The quantitative estimate of drug-likeness (QED) is 0.732. The molecule has 13 heavy (non-hydrogen) atoms. The van der Waals surface area contributed by atoms with Gasteiger partial charge in [-0.2, -0.15) is 0 Å². The molecule has 1 aliphatic carbocycles. The summed E-state index contributed by atoms with van der Waals surface area (Å²) in [7, 11) is 0. The number of nitrogens with zero attached hydrogens (tertiary/aromatic N) is 2. The van der Waals surface area contributed by atoms with Crippen molar-refractivity contribution in [3.8, 4) is 5.88 Å². The van der Waals surface area contributed by atoms with Gasteiger partial charge in [-0.1, -0.05) is 11.6 Å². The highest BCUT2D eigenvalue weighted by Crippen LogP contribution is 2.22. The molecule has 0 bridgehead atoms. The fourth-order valence-corrected chi connectivity index (χ4v) is 1.64. The Hall–Kier alpha value is -0.830. The van der Waals surface area contributed by atoms with Crippen LogP contribution in [0.15, 0.2) is 12.1 Å². The van der Waals surface area contributed by atoms with E-state index in [4.69, 9.17) is 16.3 Å². The first-order valence-electron chi connectivity index (χ1n) is 4.50. The van der Waals surface area contributed by atoms with Crippen molar-refractivity contribution in [2.75, 3.05) is 0 Å². The molecule has 0 N–H and O–H groups in total. The summed E-state index contributed by atoms with van der Waals surface area (Å²) in [6, 6.07) is 3.45. The zero-order valence-corrected chi connectivity index (χ0v) is 8.00. The second-order valence-electron chi connectivity index (χ2n) is 3.22. The monoisotopic (exact) mass is 198 g/mol. The molecule has 2 rings (SSSR count). The first kappa shape index (κ1) is 8.75. The Morgan fingerprint density at radius 1 is 1.23 bits per heavy atom. The number of hydrogen-bond acceptors (Lipinski definition) is 3. The van der Waals surface area contributed by atoms with Gasteiger partial charge in [-0.15, -0.1) is 10.2 Å². The molecule has 1 heterocycles. The van der Waals surface area contributed by atoms with Gasteiger partial charge in [-0.25, -0.2) is 0 Å². The highest BCUT2D eigenvalue weighted by Gasteiger charge is 2.16. The first-order chi connectivity index (χ1) is 6.34. The molecule has 1 saturated carbocycles. The lowest BCUT2D eigenvalue weighted by Crippen LogP contribution is -2.11. The van der Waals surface area contributed by atoms with E-state index in [0.29, 0.717) is 17.1 Å². The molecule has 0 aliphatic heterocycles. The van der Waals surface area contributed by atoms with Crippen molar-refractivity contribution < 1.29 is 4.74 Å².